The molecule has 1 N–H and O–H groups in total. The fourth-order valence-corrected chi connectivity index (χ4v) is 2.82. The van der Waals surface area contributed by atoms with Crippen molar-refractivity contribution in [3.8, 4) is 5.75 Å². The minimum atomic E-state index is -0.783. The molecule has 1 aromatic carbocycles. The van der Waals surface area contributed by atoms with Gasteiger partial charge in [-0.1, -0.05) is 17.7 Å². The van der Waals surface area contributed by atoms with Crippen LogP contribution in [0, 0.1) is 13.8 Å². The molecule has 0 aliphatic heterocycles. The second kappa shape index (κ2) is 7.80. The smallest absolute Gasteiger partial charge is 0.339 e. The summed E-state index contributed by atoms with van der Waals surface area (Å²) in [7, 11) is 0. The van der Waals surface area contributed by atoms with Gasteiger partial charge in [-0.05, 0) is 44.0 Å². The lowest BCUT2D eigenvalue weighted by Crippen LogP contribution is -2.36. The highest BCUT2D eigenvalue weighted by Gasteiger charge is 2.18. The third kappa shape index (κ3) is 4.11. The summed E-state index contributed by atoms with van der Waals surface area (Å²) in [4.78, 5) is 28.2. The SMILES string of the molecule is Cc1c(C)c2cc(Cl)c(O[C@H](C)C(=O)NCc3cccnc3)cc2oc1=O. The van der Waals surface area contributed by atoms with Gasteiger partial charge in [-0.25, -0.2) is 4.79 Å². The summed E-state index contributed by atoms with van der Waals surface area (Å²) in [6.07, 6.45) is 2.56. The van der Waals surface area contributed by atoms with Crippen molar-refractivity contribution in [3.05, 3.63) is 68.8 Å². The van der Waals surface area contributed by atoms with E-state index in [9.17, 15) is 9.59 Å². The Kier molecular flexibility index (Phi) is 5.46. The number of nitrogens with one attached hydrogen (secondary N) is 1. The van der Waals surface area contributed by atoms with Gasteiger partial charge in [0.2, 0.25) is 0 Å². The van der Waals surface area contributed by atoms with Crippen LogP contribution < -0.4 is 15.7 Å². The summed E-state index contributed by atoms with van der Waals surface area (Å²) in [5.41, 5.74) is 2.18. The topological polar surface area (TPSA) is 81.4 Å². The molecule has 0 spiro atoms. The zero-order valence-electron chi connectivity index (χ0n) is 15.2. The van der Waals surface area contributed by atoms with E-state index in [1.165, 1.54) is 6.07 Å². The minimum Gasteiger partial charge on any atom is -0.479 e. The Morgan fingerprint density at radius 3 is 2.81 bits per heavy atom. The van der Waals surface area contributed by atoms with Crippen LogP contribution in [0.4, 0.5) is 0 Å². The summed E-state index contributed by atoms with van der Waals surface area (Å²) < 4.78 is 11.0. The number of nitrogens with zero attached hydrogens (tertiary/aromatic N) is 1. The second-order valence-electron chi connectivity index (χ2n) is 6.26. The van der Waals surface area contributed by atoms with Crippen molar-refractivity contribution in [2.75, 3.05) is 0 Å². The van der Waals surface area contributed by atoms with Gasteiger partial charge in [-0.15, -0.1) is 0 Å². The quantitative estimate of drug-likeness (QED) is 0.678. The molecule has 7 heteroatoms. The largest absolute Gasteiger partial charge is 0.479 e. The highest BCUT2D eigenvalue weighted by Crippen LogP contribution is 2.32. The monoisotopic (exact) mass is 386 g/mol. The number of fused-ring (bicyclic) bond motifs is 1. The number of rotatable bonds is 5. The molecule has 2 heterocycles. The van der Waals surface area contributed by atoms with Crippen LogP contribution in [-0.4, -0.2) is 17.0 Å². The average Bonchev–Trinajstić information content (AvgIpc) is 2.66. The van der Waals surface area contributed by atoms with Gasteiger partial charge in [-0.3, -0.25) is 9.78 Å². The molecular weight excluding hydrogens is 368 g/mol. The Morgan fingerprint density at radius 2 is 2.11 bits per heavy atom. The second-order valence-corrected chi connectivity index (χ2v) is 6.66. The fraction of sp³-hybridized carbons (Fsp3) is 0.250. The standard InChI is InChI=1S/C20H19ClN2O4/c1-11-12(2)20(25)27-17-8-18(16(21)7-15(11)17)26-13(3)19(24)23-10-14-5-4-6-22-9-14/h4-9,13H,10H2,1-3H3,(H,23,24)/t13-/m1/s1. The summed E-state index contributed by atoms with van der Waals surface area (Å²) in [6, 6.07) is 6.88. The lowest BCUT2D eigenvalue weighted by atomic mass is 10.1. The number of ether oxygens (including phenoxy) is 1. The Hall–Kier alpha value is -2.86. The molecule has 140 valence electrons. The number of benzene rings is 1. The maximum Gasteiger partial charge on any atom is 0.339 e. The molecule has 0 aliphatic rings. The molecule has 0 fully saturated rings. The number of hydrogen-bond donors (Lipinski definition) is 1. The van der Waals surface area contributed by atoms with Gasteiger partial charge in [0.05, 0.1) is 5.02 Å². The van der Waals surface area contributed by atoms with Gasteiger partial charge in [0, 0.05) is 36.0 Å². The Bertz CT molecular complexity index is 1050. The first-order valence-electron chi connectivity index (χ1n) is 8.43. The van der Waals surface area contributed by atoms with Gasteiger partial charge in [0.1, 0.15) is 11.3 Å². The van der Waals surface area contributed by atoms with E-state index in [0.717, 1.165) is 16.5 Å². The lowest BCUT2D eigenvalue weighted by molar-refractivity contribution is -0.127. The van der Waals surface area contributed by atoms with Crippen molar-refractivity contribution in [1.82, 2.24) is 10.3 Å². The van der Waals surface area contributed by atoms with Crippen LogP contribution >= 0.6 is 11.6 Å². The Morgan fingerprint density at radius 1 is 1.33 bits per heavy atom. The molecule has 27 heavy (non-hydrogen) atoms. The van der Waals surface area contributed by atoms with E-state index in [4.69, 9.17) is 20.8 Å². The first kappa shape index (κ1) is 18.9. The van der Waals surface area contributed by atoms with Crippen molar-refractivity contribution in [2.24, 2.45) is 0 Å². The summed E-state index contributed by atoms with van der Waals surface area (Å²) in [5, 5.41) is 3.85. The first-order valence-corrected chi connectivity index (χ1v) is 8.81. The lowest BCUT2D eigenvalue weighted by Gasteiger charge is -2.16. The van der Waals surface area contributed by atoms with Gasteiger partial charge in [0.25, 0.3) is 5.91 Å². The number of amides is 1. The van der Waals surface area contributed by atoms with Gasteiger partial charge < -0.3 is 14.5 Å². The molecule has 6 nitrogen and oxygen atoms in total. The highest BCUT2D eigenvalue weighted by atomic mass is 35.5. The predicted octanol–water partition coefficient (Wildman–Crippen LogP) is 3.54. The van der Waals surface area contributed by atoms with E-state index >= 15 is 0 Å². The van der Waals surface area contributed by atoms with Crippen molar-refractivity contribution in [2.45, 2.75) is 33.4 Å². The predicted molar refractivity (Wildman–Crippen MR) is 103 cm³/mol. The maximum atomic E-state index is 12.3. The molecule has 1 atom stereocenters. The molecule has 0 saturated heterocycles. The molecule has 0 unspecified atom stereocenters. The van der Waals surface area contributed by atoms with Crippen LogP contribution in [-0.2, 0) is 11.3 Å². The molecule has 0 saturated carbocycles. The van der Waals surface area contributed by atoms with E-state index in [1.54, 1.807) is 38.4 Å². The zero-order chi connectivity index (χ0) is 19.6. The van der Waals surface area contributed by atoms with Crippen molar-refractivity contribution >= 4 is 28.5 Å². The molecule has 3 aromatic rings. The molecular formula is C20H19ClN2O4. The molecule has 0 radical (unpaired) electrons. The van der Waals surface area contributed by atoms with E-state index < -0.39 is 11.7 Å². The molecule has 2 aromatic heterocycles. The number of aryl methyl sites for hydroxylation is 1. The normalized spacial score (nSPS) is 12.0. The number of pyridine rings is 1. The molecule has 1 amide bonds. The van der Waals surface area contributed by atoms with Crippen LogP contribution in [0.3, 0.4) is 0 Å². The van der Waals surface area contributed by atoms with Crippen LogP contribution in [0.25, 0.3) is 11.0 Å². The number of hydrogen-bond acceptors (Lipinski definition) is 5. The Labute approximate surface area is 161 Å². The highest BCUT2D eigenvalue weighted by molar-refractivity contribution is 6.32. The number of carbonyl (C=O) groups excluding carboxylic acids is 1. The number of aromatic nitrogens is 1. The first-order chi connectivity index (χ1) is 12.9. The summed E-state index contributed by atoms with van der Waals surface area (Å²) in [6.45, 7) is 5.50. The molecule has 3 rings (SSSR count). The summed E-state index contributed by atoms with van der Waals surface area (Å²) >= 11 is 6.30. The van der Waals surface area contributed by atoms with Gasteiger partial charge in [-0.2, -0.15) is 0 Å². The Balaban J connectivity index is 1.77. The van der Waals surface area contributed by atoms with E-state index in [1.807, 2.05) is 13.0 Å². The van der Waals surface area contributed by atoms with E-state index in [2.05, 4.69) is 10.3 Å². The minimum absolute atomic E-state index is 0.277. The van der Waals surface area contributed by atoms with Crippen LogP contribution in [0.1, 0.15) is 23.6 Å². The molecule has 0 aliphatic carbocycles. The van der Waals surface area contributed by atoms with E-state index in [0.29, 0.717) is 22.7 Å². The van der Waals surface area contributed by atoms with Crippen molar-refractivity contribution in [3.63, 3.8) is 0 Å². The average molecular weight is 387 g/mol. The third-order valence-corrected chi connectivity index (χ3v) is 4.67. The van der Waals surface area contributed by atoms with Crippen LogP contribution in [0.5, 0.6) is 5.75 Å². The van der Waals surface area contributed by atoms with E-state index in [-0.39, 0.29) is 11.7 Å². The zero-order valence-corrected chi connectivity index (χ0v) is 16.0. The maximum absolute atomic E-state index is 12.3. The summed E-state index contributed by atoms with van der Waals surface area (Å²) in [5.74, 6) is -0.0175. The van der Waals surface area contributed by atoms with Gasteiger partial charge >= 0.3 is 5.63 Å². The fourth-order valence-electron chi connectivity index (χ4n) is 2.61. The number of carbonyl (C=O) groups is 1. The third-order valence-electron chi connectivity index (χ3n) is 4.37. The van der Waals surface area contributed by atoms with Gasteiger partial charge in [0.15, 0.2) is 6.10 Å². The van der Waals surface area contributed by atoms with Crippen LogP contribution in [0.2, 0.25) is 5.02 Å². The van der Waals surface area contributed by atoms with Crippen molar-refractivity contribution < 1.29 is 13.9 Å². The van der Waals surface area contributed by atoms with Crippen LogP contribution in [0.15, 0.2) is 45.9 Å². The number of halogens is 1. The van der Waals surface area contributed by atoms with Crippen molar-refractivity contribution in [1.29, 1.82) is 0 Å². The molecule has 0 bridgehead atoms.